The van der Waals surface area contributed by atoms with Gasteiger partial charge in [0.1, 0.15) is 5.75 Å². The van der Waals surface area contributed by atoms with Crippen molar-refractivity contribution in [2.24, 2.45) is 0 Å². The van der Waals surface area contributed by atoms with E-state index in [0.717, 1.165) is 19.4 Å². The average Bonchev–Trinajstić information content (AvgIpc) is 2.81. The van der Waals surface area contributed by atoms with Crippen molar-refractivity contribution in [2.45, 2.75) is 36.1 Å². The van der Waals surface area contributed by atoms with E-state index in [2.05, 4.69) is 10.0 Å². The monoisotopic (exact) mass is 290 g/mol. The van der Waals surface area contributed by atoms with E-state index in [1.807, 2.05) is 6.92 Å². The quantitative estimate of drug-likeness (QED) is 0.873. The molecule has 0 spiro atoms. The second-order valence-electron chi connectivity index (χ2n) is 4.39. The predicted molar refractivity (Wildman–Crippen MR) is 71.7 cm³/mol. The number of thiophene rings is 1. The first kappa shape index (κ1) is 13.8. The van der Waals surface area contributed by atoms with E-state index in [9.17, 15) is 8.42 Å². The number of rotatable bonds is 4. The Morgan fingerprint density at radius 1 is 1.56 bits per heavy atom. The molecule has 0 radical (unpaired) electrons. The van der Waals surface area contributed by atoms with E-state index in [1.54, 1.807) is 11.4 Å². The molecule has 1 fully saturated rings. The number of methoxy groups -OCH3 is 1. The Morgan fingerprint density at radius 3 is 3.00 bits per heavy atom. The van der Waals surface area contributed by atoms with Crippen LogP contribution < -0.4 is 14.8 Å². The van der Waals surface area contributed by atoms with Crippen molar-refractivity contribution in [3.8, 4) is 5.75 Å². The molecule has 2 N–H and O–H groups in total. The van der Waals surface area contributed by atoms with Crippen molar-refractivity contribution in [1.29, 1.82) is 0 Å². The Kier molecular flexibility index (Phi) is 4.26. The molecule has 0 amide bonds. The summed E-state index contributed by atoms with van der Waals surface area (Å²) in [4.78, 5) is 0. The molecule has 0 bridgehead atoms. The standard InChI is InChI=1S/C11H18N2O3S2/c1-8-9(4-3-6-12-8)13-18(14,15)11-10(16-2)5-7-17-11/h5,7-9,12-13H,3-4,6H2,1-2H3. The Morgan fingerprint density at radius 2 is 2.33 bits per heavy atom. The lowest BCUT2D eigenvalue weighted by molar-refractivity contribution is 0.348. The molecule has 0 aliphatic carbocycles. The van der Waals surface area contributed by atoms with Crippen molar-refractivity contribution >= 4 is 21.4 Å². The van der Waals surface area contributed by atoms with Crippen LogP contribution in [-0.2, 0) is 10.0 Å². The third kappa shape index (κ3) is 2.85. The molecule has 2 unspecified atom stereocenters. The van der Waals surface area contributed by atoms with Crippen LogP contribution in [-0.4, -0.2) is 34.2 Å². The maximum atomic E-state index is 12.3. The van der Waals surface area contributed by atoms with Crippen LogP contribution in [0.3, 0.4) is 0 Å². The Labute approximate surface area is 112 Å². The van der Waals surface area contributed by atoms with Gasteiger partial charge in [0, 0.05) is 12.1 Å². The van der Waals surface area contributed by atoms with Crippen molar-refractivity contribution in [3.63, 3.8) is 0 Å². The summed E-state index contributed by atoms with van der Waals surface area (Å²) < 4.78 is 32.6. The summed E-state index contributed by atoms with van der Waals surface area (Å²) in [6.45, 7) is 2.94. The topological polar surface area (TPSA) is 67.4 Å². The summed E-state index contributed by atoms with van der Waals surface area (Å²) >= 11 is 1.18. The van der Waals surface area contributed by atoms with E-state index in [0.29, 0.717) is 5.75 Å². The number of ether oxygens (including phenoxy) is 1. The van der Waals surface area contributed by atoms with Gasteiger partial charge in [-0.05, 0) is 37.8 Å². The summed E-state index contributed by atoms with van der Waals surface area (Å²) in [7, 11) is -2.01. The molecule has 1 aliphatic rings. The first-order valence-corrected chi connectivity index (χ1v) is 8.28. The highest BCUT2D eigenvalue weighted by molar-refractivity contribution is 7.91. The van der Waals surface area contributed by atoms with Crippen LogP contribution in [0.25, 0.3) is 0 Å². The van der Waals surface area contributed by atoms with Gasteiger partial charge < -0.3 is 10.1 Å². The largest absolute Gasteiger partial charge is 0.494 e. The highest BCUT2D eigenvalue weighted by Gasteiger charge is 2.29. The van der Waals surface area contributed by atoms with Gasteiger partial charge in [-0.1, -0.05) is 0 Å². The van der Waals surface area contributed by atoms with Gasteiger partial charge in [-0.2, -0.15) is 0 Å². The third-order valence-electron chi connectivity index (χ3n) is 3.13. The molecule has 5 nitrogen and oxygen atoms in total. The molecular formula is C11H18N2O3S2. The molecule has 102 valence electrons. The van der Waals surface area contributed by atoms with E-state index in [-0.39, 0.29) is 16.3 Å². The molecule has 2 rings (SSSR count). The van der Waals surface area contributed by atoms with Gasteiger partial charge >= 0.3 is 0 Å². The fourth-order valence-corrected chi connectivity index (χ4v) is 4.73. The number of hydrogen-bond acceptors (Lipinski definition) is 5. The molecule has 7 heteroatoms. The van der Waals surface area contributed by atoms with Crippen LogP contribution in [0.2, 0.25) is 0 Å². The third-order valence-corrected chi connectivity index (χ3v) is 6.06. The molecule has 2 atom stereocenters. The van der Waals surface area contributed by atoms with E-state index in [1.165, 1.54) is 18.4 Å². The minimum absolute atomic E-state index is 0.0597. The smallest absolute Gasteiger partial charge is 0.254 e. The number of piperidine rings is 1. The molecule has 1 aliphatic heterocycles. The van der Waals surface area contributed by atoms with E-state index >= 15 is 0 Å². The van der Waals surface area contributed by atoms with Gasteiger partial charge in [-0.3, -0.25) is 0 Å². The minimum atomic E-state index is -3.49. The highest BCUT2D eigenvalue weighted by Crippen LogP contribution is 2.29. The number of nitrogens with one attached hydrogen (secondary N) is 2. The number of sulfonamides is 1. The fourth-order valence-electron chi connectivity index (χ4n) is 2.09. The lowest BCUT2D eigenvalue weighted by Gasteiger charge is -2.30. The maximum absolute atomic E-state index is 12.3. The zero-order valence-corrected chi connectivity index (χ0v) is 12.1. The van der Waals surface area contributed by atoms with Gasteiger partial charge in [0.15, 0.2) is 4.21 Å². The maximum Gasteiger partial charge on any atom is 0.254 e. The number of hydrogen-bond donors (Lipinski definition) is 2. The summed E-state index contributed by atoms with van der Waals surface area (Å²) in [5, 5.41) is 4.99. The Balaban J connectivity index is 2.16. The first-order valence-electron chi connectivity index (χ1n) is 5.92. The molecule has 1 aromatic heterocycles. The second-order valence-corrected chi connectivity index (χ2v) is 7.21. The van der Waals surface area contributed by atoms with Crippen molar-refractivity contribution in [2.75, 3.05) is 13.7 Å². The second kappa shape index (κ2) is 5.56. The van der Waals surface area contributed by atoms with Crippen molar-refractivity contribution < 1.29 is 13.2 Å². The van der Waals surface area contributed by atoms with Crippen LogP contribution in [0.15, 0.2) is 15.7 Å². The van der Waals surface area contributed by atoms with Crippen LogP contribution in [0.5, 0.6) is 5.75 Å². The summed E-state index contributed by atoms with van der Waals surface area (Å²) in [6, 6.07) is 1.76. The average molecular weight is 290 g/mol. The molecule has 18 heavy (non-hydrogen) atoms. The lowest BCUT2D eigenvalue weighted by Crippen LogP contribution is -2.51. The van der Waals surface area contributed by atoms with Gasteiger partial charge in [0.05, 0.1) is 7.11 Å². The first-order chi connectivity index (χ1) is 8.54. The molecule has 1 aromatic rings. The van der Waals surface area contributed by atoms with E-state index in [4.69, 9.17) is 4.74 Å². The summed E-state index contributed by atoms with van der Waals surface area (Å²) in [5.41, 5.74) is 0. The van der Waals surface area contributed by atoms with Crippen LogP contribution in [0.1, 0.15) is 19.8 Å². The van der Waals surface area contributed by atoms with Crippen molar-refractivity contribution in [1.82, 2.24) is 10.0 Å². The van der Waals surface area contributed by atoms with Crippen molar-refractivity contribution in [3.05, 3.63) is 11.4 Å². The normalized spacial score (nSPS) is 25.0. The van der Waals surface area contributed by atoms with Crippen LogP contribution in [0, 0.1) is 0 Å². The van der Waals surface area contributed by atoms with Gasteiger partial charge in [0.2, 0.25) is 0 Å². The summed E-state index contributed by atoms with van der Waals surface area (Å²) in [6.07, 6.45) is 1.85. The zero-order chi connectivity index (χ0) is 13.2. The molecule has 2 heterocycles. The van der Waals surface area contributed by atoms with Gasteiger partial charge in [0.25, 0.3) is 10.0 Å². The zero-order valence-electron chi connectivity index (χ0n) is 10.5. The Hall–Kier alpha value is -0.630. The highest BCUT2D eigenvalue weighted by atomic mass is 32.2. The van der Waals surface area contributed by atoms with Crippen LogP contribution in [0.4, 0.5) is 0 Å². The molecule has 0 saturated carbocycles. The molecular weight excluding hydrogens is 272 g/mol. The SMILES string of the molecule is COc1ccsc1S(=O)(=O)NC1CCCNC1C. The Bertz CT molecular complexity index is 498. The van der Waals surface area contributed by atoms with Gasteiger partial charge in [-0.15, -0.1) is 11.3 Å². The lowest BCUT2D eigenvalue weighted by atomic mass is 10.0. The minimum Gasteiger partial charge on any atom is -0.494 e. The fraction of sp³-hybridized carbons (Fsp3) is 0.636. The summed E-state index contributed by atoms with van der Waals surface area (Å²) in [5.74, 6) is 0.406. The molecule has 0 aromatic carbocycles. The van der Waals surface area contributed by atoms with E-state index < -0.39 is 10.0 Å². The predicted octanol–water partition coefficient (Wildman–Crippen LogP) is 1.18. The van der Waals surface area contributed by atoms with Gasteiger partial charge in [-0.25, -0.2) is 13.1 Å². The van der Waals surface area contributed by atoms with Crippen LogP contribution >= 0.6 is 11.3 Å². The molecule has 1 saturated heterocycles.